The topological polar surface area (TPSA) is 183 Å². The number of carbonyl (C=O) groups excluding carboxylic acids is 5. The number of hydrogen-bond donors (Lipinski definition) is 5. The normalized spacial score (nSPS) is 25.6. The van der Waals surface area contributed by atoms with Gasteiger partial charge < -0.3 is 31.3 Å². The Morgan fingerprint density at radius 1 is 0.875 bits per heavy atom. The summed E-state index contributed by atoms with van der Waals surface area (Å²) in [4.78, 5) is 78.6. The minimum absolute atomic E-state index is 0.0924. The van der Waals surface area contributed by atoms with Gasteiger partial charge in [0.05, 0.1) is 18.2 Å². The predicted octanol–water partition coefficient (Wildman–Crippen LogP) is 2.51. The maximum absolute atomic E-state index is 14.1. The van der Waals surface area contributed by atoms with Crippen molar-refractivity contribution in [3.8, 4) is 0 Å². The van der Waals surface area contributed by atoms with Crippen LogP contribution in [0.2, 0.25) is 0 Å². The molecule has 256 valence electrons. The lowest BCUT2D eigenvalue weighted by atomic mass is 9.98. The quantitative estimate of drug-likeness (QED) is 0.270. The molecule has 2 aliphatic heterocycles. The number of hydrogen-bond acceptors (Lipinski definition) is 10. The van der Waals surface area contributed by atoms with E-state index in [1.807, 2.05) is 44.2 Å². The van der Waals surface area contributed by atoms with Crippen LogP contribution in [0, 0.1) is 5.92 Å². The average molecular weight is 696 g/mol. The van der Waals surface area contributed by atoms with E-state index in [1.165, 1.54) is 34.5 Å². The van der Waals surface area contributed by atoms with Crippen molar-refractivity contribution in [3.05, 3.63) is 68.1 Å². The number of aliphatic hydroxyl groups is 1. The monoisotopic (exact) mass is 695 g/mol. The van der Waals surface area contributed by atoms with Gasteiger partial charge in [0, 0.05) is 23.7 Å². The highest BCUT2D eigenvalue weighted by Crippen LogP contribution is 2.28. The summed E-state index contributed by atoms with van der Waals surface area (Å²) >= 11 is 2.43. The van der Waals surface area contributed by atoms with Crippen LogP contribution in [0.3, 0.4) is 0 Å². The number of aromatic nitrogens is 2. The minimum atomic E-state index is -1.32. The Morgan fingerprint density at radius 2 is 1.50 bits per heavy atom. The van der Waals surface area contributed by atoms with Gasteiger partial charge in [-0.3, -0.25) is 24.0 Å². The highest BCUT2D eigenvalue weighted by molar-refractivity contribution is 7.10. The maximum Gasteiger partial charge on any atom is 0.271 e. The molecule has 4 heterocycles. The van der Waals surface area contributed by atoms with Gasteiger partial charge in [0.2, 0.25) is 17.7 Å². The zero-order valence-corrected chi connectivity index (χ0v) is 28.9. The summed E-state index contributed by atoms with van der Waals surface area (Å²) in [6.07, 6.45) is 0.486. The molecule has 5 rings (SSSR count). The lowest BCUT2D eigenvalue weighted by Crippen LogP contribution is -2.59. The van der Waals surface area contributed by atoms with Gasteiger partial charge in [-0.25, -0.2) is 9.97 Å². The van der Waals surface area contributed by atoms with E-state index in [1.54, 1.807) is 17.7 Å². The van der Waals surface area contributed by atoms with Crippen molar-refractivity contribution in [3.63, 3.8) is 0 Å². The summed E-state index contributed by atoms with van der Waals surface area (Å²) in [6, 6.07) is 4.83. The molecule has 1 fully saturated rings. The van der Waals surface area contributed by atoms with E-state index in [0.717, 1.165) is 5.56 Å². The van der Waals surface area contributed by atoms with E-state index in [4.69, 9.17) is 0 Å². The number of benzene rings is 1. The molecule has 7 atom stereocenters. The van der Waals surface area contributed by atoms with Crippen LogP contribution in [-0.4, -0.2) is 80.3 Å². The molecule has 0 radical (unpaired) electrons. The van der Waals surface area contributed by atoms with Crippen LogP contribution in [0.5, 0.6) is 0 Å². The molecule has 0 saturated carbocycles. The Morgan fingerprint density at radius 3 is 2.17 bits per heavy atom. The fourth-order valence-corrected chi connectivity index (χ4v) is 7.61. The molecule has 13 nitrogen and oxygen atoms in total. The standard InChI is InChI=1S/C33H41N7O6S2/c1-5-17(2)25-32-37-22(16-48-32)27(42)34-18(3)31-36-23(15-47-31)28(43)35-21(14-20-10-7-6-8-11-20)33(46)40-13-9-12-24(40)29(44)39-26(19(4)41)30(45)38-25/h6-8,10-11,15-19,21,24-26,41H,5,9,12-14H2,1-4H3,(H,34,42)(H,35,43)(H,38,45)(H,39,44)/t17-,18-,19+,21-,24-,25-,26-/m0/s1. The van der Waals surface area contributed by atoms with Crippen molar-refractivity contribution in [2.24, 2.45) is 5.92 Å². The molecule has 48 heavy (non-hydrogen) atoms. The van der Waals surface area contributed by atoms with E-state index in [0.29, 0.717) is 29.3 Å². The molecule has 0 spiro atoms. The van der Waals surface area contributed by atoms with E-state index >= 15 is 0 Å². The zero-order chi connectivity index (χ0) is 34.5. The van der Waals surface area contributed by atoms with Crippen LogP contribution in [-0.2, 0) is 20.8 Å². The molecule has 0 aliphatic carbocycles. The summed E-state index contributed by atoms with van der Waals surface area (Å²) in [5.41, 5.74) is 1.07. The zero-order valence-electron chi connectivity index (χ0n) is 27.3. The first-order chi connectivity index (χ1) is 23.0. The summed E-state index contributed by atoms with van der Waals surface area (Å²) in [7, 11) is 0. The second kappa shape index (κ2) is 15.3. The van der Waals surface area contributed by atoms with Crippen molar-refractivity contribution >= 4 is 52.2 Å². The second-order valence-electron chi connectivity index (χ2n) is 12.3. The summed E-state index contributed by atoms with van der Waals surface area (Å²) in [5.74, 6) is -2.75. The molecule has 3 aromatic rings. The van der Waals surface area contributed by atoms with Crippen LogP contribution in [0.1, 0.15) is 95.6 Å². The molecular weight excluding hydrogens is 655 g/mol. The van der Waals surface area contributed by atoms with Crippen LogP contribution in [0.25, 0.3) is 0 Å². The number of rotatable bonds is 5. The summed E-state index contributed by atoms with van der Waals surface area (Å²) < 4.78 is 0. The van der Waals surface area contributed by atoms with E-state index < -0.39 is 65.8 Å². The Bertz CT molecular complexity index is 1640. The number of aliphatic hydroxyl groups excluding tert-OH is 1. The molecule has 0 unspecified atom stereocenters. The second-order valence-corrected chi connectivity index (χ2v) is 14.1. The largest absolute Gasteiger partial charge is 0.391 e. The van der Waals surface area contributed by atoms with Gasteiger partial charge in [0.15, 0.2) is 0 Å². The van der Waals surface area contributed by atoms with Crippen LogP contribution in [0.4, 0.5) is 0 Å². The molecule has 2 aromatic heterocycles. The third-order valence-electron chi connectivity index (χ3n) is 8.79. The Labute approximate surface area is 286 Å². The van der Waals surface area contributed by atoms with E-state index in [-0.39, 0.29) is 30.3 Å². The van der Waals surface area contributed by atoms with Crippen molar-refractivity contribution in [2.75, 3.05) is 6.54 Å². The highest BCUT2D eigenvalue weighted by atomic mass is 32.1. The van der Waals surface area contributed by atoms with Crippen LogP contribution < -0.4 is 21.3 Å². The fraction of sp³-hybridized carbons (Fsp3) is 0.485. The fourth-order valence-electron chi connectivity index (χ4n) is 5.82. The predicted molar refractivity (Wildman–Crippen MR) is 180 cm³/mol. The molecule has 1 saturated heterocycles. The van der Waals surface area contributed by atoms with E-state index in [9.17, 15) is 29.1 Å². The molecular formula is C33H41N7O6S2. The number of carbonyl (C=O) groups is 5. The van der Waals surface area contributed by atoms with Crippen LogP contribution >= 0.6 is 22.7 Å². The molecule has 4 bridgehead atoms. The number of fused-ring (bicyclic) bond motifs is 5. The number of nitrogens with one attached hydrogen (secondary N) is 4. The van der Waals surface area contributed by atoms with Crippen molar-refractivity contribution in [1.82, 2.24) is 36.1 Å². The molecule has 2 aliphatic rings. The smallest absolute Gasteiger partial charge is 0.271 e. The molecule has 5 amide bonds. The van der Waals surface area contributed by atoms with Gasteiger partial charge in [0.25, 0.3) is 11.8 Å². The number of amides is 5. The molecule has 1 aromatic carbocycles. The highest BCUT2D eigenvalue weighted by Gasteiger charge is 2.40. The lowest BCUT2D eigenvalue weighted by molar-refractivity contribution is -0.141. The van der Waals surface area contributed by atoms with Gasteiger partial charge in [-0.15, -0.1) is 22.7 Å². The Kier molecular flexibility index (Phi) is 11.2. The van der Waals surface area contributed by atoms with Crippen molar-refractivity contribution < 1.29 is 29.1 Å². The maximum atomic E-state index is 14.1. The van der Waals surface area contributed by atoms with Gasteiger partial charge >= 0.3 is 0 Å². The summed E-state index contributed by atoms with van der Waals surface area (Å²) in [5, 5.41) is 26.1. The third-order valence-corrected chi connectivity index (χ3v) is 10.7. The first-order valence-electron chi connectivity index (χ1n) is 16.1. The van der Waals surface area contributed by atoms with Crippen molar-refractivity contribution in [2.45, 2.75) is 89.7 Å². The number of nitrogens with zero attached hydrogens (tertiary/aromatic N) is 3. The molecule has 5 N–H and O–H groups in total. The first-order valence-corrected chi connectivity index (χ1v) is 17.9. The number of thiazole rings is 2. The van der Waals surface area contributed by atoms with Crippen molar-refractivity contribution in [1.29, 1.82) is 0 Å². The van der Waals surface area contributed by atoms with Gasteiger partial charge in [-0.2, -0.15) is 0 Å². The van der Waals surface area contributed by atoms with Gasteiger partial charge in [0.1, 0.15) is 39.5 Å². The Balaban J connectivity index is 1.52. The van der Waals surface area contributed by atoms with Crippen LogP contribution in [0.15, 0.2) is 41.1 Å². The lowest BCUT2D eigenvalue weighted by Gasteiger charge is -2.31. The Hall–Kier alpha value is -4.21. The first kappa shape index (κ1) is 35.1. The summed E-state index contributed by atoms with van der Waals surface area (Å²) in [6.45, 7) is 7.34. The van der Waals surface area contributed by atoms with Gasteiger partial charge in [-0.1, -0.05) is 50.6 Å². The third kappa shape index (κ3) is 7.90. The SMILES string of the molecule is CC[C@H](C)[C@@H]1NC(=O)[C@H]([C@@H](C)O)NC(=O)[C@@H]2CCCN2C(=O)[C@H](Cc2ccccc2)NC(=O)c2csc(n2)[C@H](C)NC(=O)c2csc1n2. The van der Waals surface area contributed by atoms with Gasteiger partial charge in [-0.05, 0) is 38.2 Å². The minimum Gasteiger partial charge on any atom is -0.391 e. The average Bonchev–Trinajstić information content (AvgIpc) is 3.86. The van der Waals surface area contributed by atoms with E-state index in [2.05, 4.69) is 31.2 Å². The molecule has 15 heteroatoms.